The molecule has 0 bridgehead atoms. The Morgan fingerprint density at radius 2 is 1.97 bits per heavy atom. The summed E-state index contributed by atoms with van der Waals surface area (Å²) in [5, 5.41) is 8.74. The van der Waals surface area contributed by atoms with Gasteiger partial charge in [-0.05, 0) is 55.5 Å². The van der Waals surface area contributed by atoms with Gasteiger partial charge in [-0.3, -0.25) is 4.79 Å². The molecule has 1 N–H and O–H groups in total. The summed E-state index contributed by atoms with van der Waals surface area (Å²) in [4.78, 5) is 17.5. The molecule has 3 aromatic rings. The van der Waals surface area contributed by atoms with Crippen LogP contribution in [0.4, 0.5) is 10.3 Å². The average molecular weight is 435 g/mol. The molecular weight excluding hydrogens is 411 g/mol. The van der Waals surface area contributed by atoms with Crippen LogP contribution < -0.4 is 5.32 Å². The summed E-state index contributed by atoms with van der Waals surface area (Å²) in [5.41, 5.74) is 6.22. The van der Waals surface area contributed by atoms with Crippen molar-refractivity contribution in [3.05, 3.63) is 81.8 Å². The van der Waals surface area contributed by atoms with Crippen LogP contribution in [0, 0.1) is 19.7 Å². The molecule has 5 rings (SSSR count). The number of carbonyl (C=O) groups excluding carboxylic acids is 1. The number of aryl methyl sites for hydroxylation is 2. The minimum atomic E-state index is -0.386. The lowest BCUT2D eigenvalue weighted by molar-refractivity contribution is -0.116. The Bertz CT molecular complexity index is 1200. The van der Waals surface area contributed by atoms with E-state index in [2.05, 4.69) is 37.4 Å². The number of rotatable bonds is 4. The van der Waals surface area contributed by atoms with E-state index < -0.39 is 0 Å². The van der Waals surface area contributed by atoms with Gasteiger partial charge in [0.15, 0.2) is 5.78 Å². The molecule has 0 saturated heterocycles. The molecule has 1 aliphatic carbocycles. The maximum absolute atomic E-state index is 13.6. The number of nitrogens with one attached hydrogen (secondary N) is 1. The quantitative estimate of drug-likeness (QED) is 0.561. The van der Waals surface area contributed by atoms with Gasteiger partial charge in [0, 0.05) is 23.4 Å². The highest BCUT2D eigenvalue weighted by atomic mass is 32.2. The van der Waals surface area contributed by atoms with Crippen LogP contribution in [-0.4, -0.2) is 20.5 Å². The van der Waals surface area contributed by atoms with Gasteiger partial charge in [-0.25, -0.2) is 9.07 Å². The van der Waals surface area contributed by atoms with Crippen molar-refractivity contribution >= 4 is 23.5 Å². The molecule has 1 aliphatic heterocycles. The van der Waals surface area contributed by atoms with E-state index in [-0.39, 0.29) is 17.6 Å². The topological polar surface area (TPSA) is 59.8 Å². The lowest BCUT2D eigenvalue weighted by atomic mass is 9.85. The smallest absolute Gasteiger partial charge is 0.227 e. The van der Waals surface area contributed by atoms with E-state index in [1.54, 1.807) is 28.6 Å². The molecule has 0 spiro atoms. The van der Waals surface area contributed by atoms with E-state index in [0.717, 1.165) is 35.4 Å². The predicted molar refractivity (Wildman–Crippen MR) is 120 cm³/mol. The van der Waals surface area contributed by atoms with Gasteiger partial charge < -0.3 is 5.32 Å². The fraction of sp³-hybridized carbons (Fsp3) is 0.292. The highest BCUT2D eigenvalue weighted by Gasteiger charge is 2.36. The van der Waals surface area contributed by atoms with Gasteiger partial charge >= 0.3 is 0 Å². The monoisotopic (exact) mass is 434 g/mol. The summed E-state index contributed by atoms with van der Waals surface area (Å²) in [6.07, 6.45) is 2.15. The number of hydrogen-bond acceptors (Lipinski definition) is 5. The number of anilines is 1. The second kappa shape index (κ2) is 7.96. The summed E-state index contributed by atoms with van der Waals surface area (Å²) in [6.45, 7) is 4.20. The Morgan fingerprint density at radius 3 is 2.74 bits per heavy atom. The normalized spacial score (nSPS) is 17.9. The molecule has 31 heavy (non-hydrogen) atoms. The summed E-state index contributed by atoms with van der Waals surface area (Å²) < 4.78 is 15.3. The number of thioether (sulfide) groups is 1. The van der Waals surface area contributed by atoms with E-state index in [1.807, 2.05) is 0 Å². The van der Waals surface area contributed by atoms with Crippen LogP contribution in [-0.2, 0) is 10.5 Å². The van der Waals surface area contributed by atoms with Crippen LogP contribution in [0.5, 0.6) is 0 Å². The summed E-state index contributed by atoms with van der Waals surface area (Å²) in [6, 6.07) is 12.4. The molecular formula is C24H23FN4OS. The zero-order valence-corrected chi connectivity index (χ0v) is 18.3. The Balaban J connectivity index is 1.49. The van der Waals surface area contributed by atoms with Crippen molar-refractivity contribution in [2.75, 3.05) is 5.32 Å². The van der Waals surface area contributed by atoms with E-state index in [0.29, 0.717) is 17.5 Å². The third kappa shape index (κ3) is 3.78. The molecule has 7 heteroatoms. The Hall–Kier alpha value is -2.93. The number of Topliss-reactive ketones (excluding diaryl/α,β-unsaturated/α-hetero) is 1. The van der Waals surface area contributed by atoms with Crippen LogP contribution >= 0.6 is 11.8 Å². The summed E-state index contributed by atoms with van der Waals surface area (Å²) >= 11 is 1.57. The highest BCUT2D eigenvalue weighted by Crippen LogP contribution is 2.40. The van der Waals surface area contributed by atoms with Gasteiger partial charge in [-0.15, -0.1) is 5.10 Å². The van der Waals surface area contributed by atoms with Crippen molar-refractivity contribution in [1.29, 1.82) is 0 Å². The van der Waals surface area contributed by atoms with E-state index >= 15 is 0 Å². The van der Waals surface area contributed by atoms with Crippen LogP contribution in [0.15, 0.2) is 58.9 Å². The molecule has 2 aromatic carbocycles. The summed E-state index contributed by atoms with van der Waals surface area (Å²) in [7, 11) is 0. The number of halogens is 1. The highest BCUT2D eigenvalue weighted by molar-refractivity contribution is 7.98. The first kappa shape index (κ1) is 20.0. The third-order valence-corrected chi connectivity index (χ3v) is 6.78. The molecule has 0 unspecified atom stereocenters. The molecule has 158 valence electrons. The number of benzene rings is 2. The fourth-order valence-electron chi connectivity index (χ4n) is 4.30. The lowest BCUT2D eigenvalue weighted by Gasteiger charge is -2.32. The molecule has 5 nitrogen and oxygen atoms in total. The number of aromatic nitrogens is 3. The molecule has 0 amide bonds. The Kier molecular flexibility index (Phi) is 5.14. The SMILES string of the molecule is Cc1ccc(CSc2nc3n(n2)[C@@H](c2ccc(F)cc2)C2=C(CCCC2=O)N3)c(C)c1. The lowest BCUT2D eigenvalue weighted by Crippen LogP contribution is -2.31. The molecule has 1 atom stereocenters. The maximum atomic E-state index is 13.6. The number of ketones is 1. The number of allylic oxidation sites excluding steroid dienone is 2. The van der Waals surface area contributed by atoms with Gasteiger partial charge in [0.25, 0.3) is 0 Å². The van der Waals surface area contributed by atoms with Crippen molar-refractivity contribution in [2.24, 2.45) is 0 Å². The molecule has 2 aliphatic rings. The van der Waals surface area contributed by atoms with Crippen molar-refractivity contribution in [3.8, 4) is 0 Å². The zero-order chi connectivity index (χ0) is 21.5. The van der Waals surface area contributed by atoms with E-state index in [4.69, 9.17) is 10.1 Å². The van der Waals surface area contributed by atoms with E-state index in [9.17, 15) is 9.18 Å². The molecule has 0 saturated carbocycles. The fourth-order valence-corrected chi connectivity index (χ4v) is 5.21. The molecule has 2 heterocycles. The standard InChI is InChI=1S/C24H23FN4OS/c1-14-6-7-17(15(2)12-14)13-31-24-27-23-26-19-4-3-5-20(30)21(19)22(29(23)28-24)16-8-10-18(25)11-9-16/h6-12,22H,3-5,13H2,1-2H3,(H,26,27,28)/t22-/m0/s1. The maximum Gasteiger partial charge on any atom is 0.227 e. The summed E-state index contributed by atoms with van der Waals surface area (Å²) in [5.74, 6) is 1.22. The second-order valence-electron chi connectivity index (χ2n) is 8.13. The molecule has 0 radical (unpaired) electrons. The van der Waals surface area contributed by atoms with Crippen LogP contribution in [0.25, 0.3) is 0 Å². The van der Waals surface area contributed by atoms with E-state index in [1.165, 1.54) is 28.8 Å². The van der Waals surface area contributed by atoms with Crippen LogP contribution in [0.2, 0.25) is 0 Å². The van der Waals surface area contributed by atoms with Crippen molar-refractivity contribution in [3.63, 3.8) is 0 Å². The van der Waals surface area contributed by atoms with Crippen molar-refractivity contribution in [2.45, 2.75) is 50.1 Å². The molecule has 0 fully saturated rings. The number of hydrogen-bond donors (Lipinski definition) is 1. The third-order valence-electron chi connectivity index (χ3n) is 5.89. The van der Waals surface area contributed by atoms with Gasteiger partial charge in [0.2, 0.25) is 11.1 Å². The number of carbonyl (C=O) groups is 1. The van der Waals surface area contributed by atoms with Gasteiger partial charge in [-0.1, -0.05) is 47.7 Å². The van der Waals surface area contributed by atoms with Crippen molar-refractivity contribution < 1.29 is 9.18 Å². The first-order valence-electron chi connectivity index (χ1n) is 10.4. The van der Waals surface area contributed by atoms with Crippen LogP contribution in [0.1, 0.15) is 47.6 Å². The first-order valence-corrected chi connectivity index (χ1v) is 11.4. The predicted octanol–water partition coefficient (Wildman–Crippen LogP) is 5.35. The van der Waals surface area contributed by atoms with Gasteiger partial charge in [0.05, 0.1) is 0 Å². The largest absolute Gasteiger partial charge is 0.328 e. The average Bonchev–Trinajstić information content (AvgIpc) is 3.15. The zero-order valence-electron chi connectivity index (χ0n) is 17.5. The van der Waals surface area contributed by atoms with Crippen molar-refractivity contribution in [1.82, 2.24) is 14.8 Å². The minimum absolute atomic E-state index is 0.119. The second-order valence-corrected chi connectivity index (χ2v) is 9.07. The minimum Gasteiger partial charge on any atom is -0.328 e. The van der Waals surface area contributed by atoms with Gasteiger partial charge in [0.1, 0.15) is 11.9 Å². The molecule has 1 aromatic heterocycles. The Labute approximate surface area is 184 Å². The number of nitrogens with zero attached hydrogens (tertiary/aromatic N) is 3. The number of fused-ring (bicyclic) bond motifs is 1. The Morgan fingerprint density at radius 1 is 1.16 bits per heavy atom. The van der Waals surface area contributed by atoms with Gasteiger partial charge in [-0.2, -0.15) is 4.98 Å². The van der Waals surface area contributed by atoms with Crippen LogP contribution in [0.3, 0.4) is 0 Å². The first-order chi connectivity index (χ1) is 15.0.